The molecule has 0 saturated heterocycles. The van der Waals surface area contributed by atoms with Gasteiger partial charge in [0.25, 0.3) is 0 Å². The van der Waals surface area contributed by atoms with Gasteiger partial charge in [-0.25, -0.2) is 0 Å². The summed E-state index contributed by atoms with van der Waals surface area (Å²) in [4.78, 5) is 0. The Morgan fingerprint density at radius 1 is 1.35 bits per heavy atom. The highest BCUT2D eigenvalue weighted by Gasteiger charge is 2.48. The van der Waals surface area contributed by atoms with Crippen molar-refractivity contribution in [3.8, 4) is 0 Å². The number of rotatable bonds is 3. The van der Waals surface area contributed by atoms with E-state index in [2.05, 4.69) is 39.0 Å². The highest BCUT2D eigenvalue weighted by molar-refractivity contribution is 5.34. The molecule has 1 aliphatic carbocycles. The molecule has 0 bridgehead atoms. The van der Waals surface area contributed by atoms with Crippen molar-refractivity contribution < 1.29 is 5.11 Å². The average molecular weight is 275 g/mol. The second-order valence-electron chi connectivity index (χ2n) is 7.06. The van der Waals surface area contributed by atoms with Crippen LogP contribution in [0.5, 0.6) is 0 Å². The molecular formula is C18H29NO. The Labute approximate surface area is 123 Å². The summed E-state index contributed by atoms with van der Waals surface area (Å²) in [6.07, 6.45) is 4.46. The van der Waals surface area contributed by atoms with Gasteiger partial charge < -0.3 is 10.8 Å². The van der Waals surface area contributed by atoms with Gasteiger partial charge in [0.2, 0.25) is 0 Å². The van der Waals surface area contributed by atoms with Gasteiger partial charge in [0, 0.05) is 12.0 Å². The quantitative estimate of drug-likeness (QED) is 0.884. The highest BCUT2D eigenvalue weighted by Crippen LogP contribution is 2.50. The molecule has 0 spiro atoms. The molecule has 0 aliphatic heterocycles. The van der Waals surface area contributed by atoms with Gasteiger partial charge in [-0.3, -0.25) is 0 Å². The molecule has 2 nitrogen and oxygen atoms in total. The molecule has 2 heteroatoms. The Balaban J connectivity index is 2.42. The summed E-state index contributed by atoms with van der Waals surface area (Å²) >= 11 is 0. The number of benzene rings is 1. The van der Waals surface area contributed by atoms with Crippen LogP contribution in [0.25, 0.3) is 0 Å². The fraction of sp³-hybridized carbons (Fsp3) is 0.667. The van der Waals surface area contributed by atoms with Crippen molar-refractivity contribution in [1.29, 1.82) is 0 Å². The van der Waals surface area contributed by atoms with Crippen molar-refractivity contribution in [2.75, 3.05) is 6.54 Å². The van der Waals surface area contributed by atoms with Crippen LogP contribution in [0.2, 0.25) is 0 Å². The summed E-state index contributed by atoms with van der Waals surface area (Å²) in [6, 6.07) is 6.31. The van der Waals surface area contributed by atoms with E-state index in [-0.39, 0.29) is 5.41 Å². The minimum absolute atomic E-state index is 0.188. The maximum atomic E-state index is 11.3. The molecule has 1 saturated carbocycles. The Hall–Kier alpha value is -0.860. The first kappa shape index (κ1) is 15.5. The summed E-state index contributed by atoms with van der Waals surface area (Å²) in [5, 5.41) is 11.3. The number of hydrogen-bond acceptors (Lipinski definition) is 2. The van der Waals surface area contributed by atoms with Crippen LogP contribution in [-0.2, 0) is 5.60 Å². The van der Waals surface area contributed by atoms with Gasteiger partial charge in [-0.15, -0.1) is 0 Å². The fourth-order valence-electron chi connectivity index (χ4n) is 3.84. The van der Waals surface area contributed by atoms with Gasteiger partial charge in [-0.1, -0.05) is 38.0 Å². The Kier molecular flexibility index (Phi) is 4.27. The molecular weight excluding hydrogens is 246 g/mol. The van der Waals surface area contributed by atoms with E-state index in [0.717, 1.165) is 18.4 Å². The molecule has 112 valence electrons. The van der Waals surface area contributed by atoms with Gasteiger partial charge >= 0.3 is 0 Å². The van der Waals surface area contributed by atoms with E-state index < -0.39 is 5.60 Å². The molecule has 0 radical (unpaired) electrons. The second kappa shape index (κ2) is 5.50. The molecule has 1 aliphatic rings. The largest absolute Gasteiger partial charge is 0.385 e. The van der Waals surface area contributed by atoms with Gasteiger partial charge in [0.05, 0.1) is 5.60 Å². The zero-order valence-corrected chi connectivity index (χ0v) is 13.4. The van der Waals surface area contributed by atoms with Crippen molar-refractivity contribution in [3.05, 3.63) is 34.9 Å². The molecule has 3 atom stereocenters. The molecule has 1 aromatic rings. The number of aliphatic hydroxyl groups is 1. The molecule has 0 amide bonds. The maximum absolute atomic E-state index is 11.3. The van der Waals surface area contributed by atoms with E-state index in [1.54, 1.807) is 0 Å². The minimum Gasteiger partial charge on any atom is -0.385 e. The minimum atomic E-state index is -0.852. The number of hydrogen-bond donors (Lipinski definition) is 2. The van der Waals surface area contributed by atoms with Gasteiger partial charge in [0.1, 0.15) is 0 Å². The Morgan fingerprint density at radius 3 is 2.60 bits per heavy atom. The van der Waals surface area contributed by atoms with Crippen LogP contribution < -0.4 is 5.73 Å². The summed E-state index contributed by atoms with van der Waals surface area (Å²) in [6.45, 7) is 9.00. The third kappa shape index (κ3) is 2.51. The first-order valence-corrected chi connectivity index (χ1v) is 7.82. The molecule has 20 heavy (non-hydrogen) atoms. The summed E-state index contributed by atoms with van der Waals surface area (Å²) in [5.41, 5.74) is 8.61. The van der Waals surface area contributed by atoms with E-state index in [1.807, 2.05) is 6.92 Å². The lowest BCUT2D eigenvalue weighted by atomic mass is 9.59. The molecule has 3 unspecified atom stereocenters. The van der Waals surface area contributed by atoms with E-state index in [9.17, 15) is 5.11 Å². The zero-order valence-electron chi connectivity index (χ0n) is 13.4. The first-order valence-electron chi connectivity index (χ1n) is 7.82. The van der Waals surface area contributed by atoms with Crippen molar-refractivity contribution >= 4 is 0 Å². The van der Waals surface area contributed by atoms with E-state index in [1.165, 1.54) is 24.0 Å². The standard InChI is InChI=1S/C18H29NO/c1-13-6-5-9-18(11-13,12-19)17(4,20)16-8-7-14(2)15(3)10-16/h7-8,10,13,20H,5-6,9,11-12,19H2,1-4H3. The zero-order chi connectivity index (χ0) is 15.0. The smallest absolute Gasteiger partial charge is 0.0936 e. The molecule has 3 N–H and O–H groups in total. The number of aryl methyl sites for hydroxylation is 2. The first-order chi connectivity index (χ1) is 9.32. The van der Waals surface area contributed by atoms with Crippen LogP contribution in [0.4, 0.5) is 0 Å². The Bertz CT molecular complexity index is 480. The van der Waals surface area contributed by atoms with Crippen molar-refractivity contribution in [2.45, 2.75) is 59.0 Å². The predicted octanol–water partition coefficient (Wildman–Crippen LogP) is 3.67. The third-order valence-corrected chi connectivity index (χ3v) is 5.58. The average Bonchev–Trinajstić information content (AvgIpc) is 2.41. The van der Waals surface area contributed by atoms with Crippen LogP contribution in [0.1, 0.15) is 56.2 Å². The van der Waals surface area contributed by atoms with Crippen LogP contribution in [0.15, 0.2) is 18.2 Å². The lowest BCUT2D eigenvalue weighted by Crippen LogP contribution is -2.51. The van der Waals surface area contributed by atoms with E-state index in [0.29, 0.717) is 12.5 Å². The van der Waals surface area contributed by atoms with Gasteiger partial charge in [0.15, 0.2) is 0 Å². The summed E-state index contributed by atoms with van der Waals surface area (Å²) in [7, 11) is 0. The molecule has 1 fully saturated rings. The van der Waals surface area contributed by atoms with Crippen LogP contribution >= 0.6 is 0 Å². The lowest BCUT2D eigenvalue weighted by Gasteiger charge is -2.49. The second-order valence-corrected chi connectivity index (χ2v) is 7.06. The summed E-state index contributed by atoms with van der Waals surface area (Å²) < 4.78 is 0. The van der Waals surface area contributed by atoms with Crippen molar-refractivity contribution in [3.63, 3.8) is 0 Å². The SMILES string of the molecule is Cc1ccc(C(C)(O)C2(CN)CCCC(C)C2)cc1C. The normalized spacial score (nSPS) is 30.0. The van der Waals surface area contributed by atoms with E-state index in [4.69, 9.17) is 5.73 Å². The van der Waals surface area contributed by atoms with Crippen molar-refractivity contribution in [1.82, 2.24) is 0 Å². The van der Waals surface area contributed by atoms with Crippen LogP contribution in [0.3, 0.4) is 0 Å². The van der Waals surface area contributed by atoms with Gasteiger partial charge in [-0.05, 0) is 56.2 Å². The molecule has 1 aromatic carbocycles. The van der Waals surface area contributed by atoms with Crippen LogP contribution in [-0.4, -0.2) is 11.7 Å². The third-order valence-electron chi connectivity index (χ3n) is 5.58. The van der Waals surface area contributed by atoms with Crippen molar-refractivity contribution in [2.24, 2.45) is 17.1 Å². The Morgan fingerprint density at radius 2 is 2.05 bits per heavy atom. The molecule has 0 heterocycles. The van der Waals surface area contributed by atoms with E-state index >= 15 is 0 Å². The topological polar surface area (TPSA) is 46.2 Å². The number of nitrogens with two attached hydrogens (primary N) is 1. The lowest BCUT2D eigenvalue weighted by molar-refractivity contribution is -0.101. The summed E-state index contributed by atoms with van der Waals surface area (Å²) in [5.74, 6) is 0.644. The fourth-order valence-corrected chi connectivity index (χ4v) is 3.84. The maximum Gasteiger partial charge on any atom is 0.0936 e. The van der Waals surface area contributed by atoms with Gasteiger partial charge in [-0.2, -0.15) is 0 Å². The van der Waals surface area contributed by atoms with Crippen LogP contribution in [0, 0.1) is 25.2 Å². The molecule has 2 rings (SSSR count). The monoisotopic (exact) mass is 275 g/mol. The molecule has 0 aromatic heterocycles. The predicted molar refractivity (Wildman–Crippen MR) is 84.6 cm³/mol. The highest BCUT2D eigenvalue weighted by atomic mass is 16.3.